The van der Waals surface area contributed by atoms with E-state index in [2.05, 4.69) is 50.7 Å². The van der Waals surface area contributed by atoms with E-state index in [0.717, 1.165) is 30.0 Å². The molecule has 1 amide bonds. The van der Waals surface area contributed by atoms with Gasteiger partial charge in [-0.1, -0.05) is 43.8 Å². The molecule has 10 heteroatoms. The van der Waals surface area contributed by atoms with Crippen molar-refractivity contribution in [3.8, 4) is 11.6 Å². The van der Waals surface area contributed by atoms with Crippen LogP contribution in [0, 0.1) is 6.92 Å². The first-order valence-corrected chi connectivity index (χ1v) is 13.4. The molecular formula is C28H29N7O2S. The topological polar surface area (TPSA) is 101 Å². The molecule has 1 aliphatic rings. The number of anilines is 1. The van der Waals surface area contributed by atoms with E-state index in [1.54, 1.807) is 23.5 Å². The van der Waals surface area contributed by atoms with Crippen LogP contribution in [-0.4, -0.2) is 44.2 Å². The second-order valence-corrected chi connectivity index (χ2v) is 10.2. The molecule has 1 saturated heterocycles. The predicted molar refractivity (Wildman–Crippen MR) is 148 cm³/mol. The van der Waals surface area contributed by atoms with Crippen molar-refractivity contribution in [1.82, 2.24) is 25.1 Å². The van der Waals surface area contributed by atoms with Gasteiger partial charge >= 0.3 is 0 Å². The molecule has 0 radical (unpaired) electrons. The molecule has 2 atom stereocenters. The zero-order chi connectivity index (χ0) is 26.6. The number of amides is 1. The maximum atomic E-state index is 13.8. The molecule has 0 unspecified atom stereocenters. The number of likely N-dealkylation sites (tertiary alicyclic amines) is 1. The molecule has 0 spiro atoms. The molecule has 1 fully saturated rings. The molecule has 0 aliphatic carbocycles. The zero-order valence-corrected chi connectivity index (χ0v) is 22.3. The third kappa shape index (κ3) is 5.26. The maximum Gasteiger partial charge on any atom is 0.266 e. The lowest BCUT2D eigenvalue weighted by Crippen LogP contribution is -2.30. The van der Waals surface area contributed by atoms with E-state index in [1.807, 2.05) is 42.3 Å². The highest BCUT2D eigenvalue weighted by Gasteiger charge is 2.33. The molecule has 0 saturated carbocycles. The number of hydrazone groups is 1. The van der Waals surface area contributed by atoms with Crippen LogP contribution >= 0.6 is 11.3 Å². The van der Waals surface area contributed by atoms with E-state index < -0.39 is 0 Å². The third-order valence-electron chi connectivity index (χ3n) is 6.52. The van der Waals surface area contributed by atoms with Crippen LogP contribution in [0.5, 0.6) is 0 Å². The van der Waals surface area contributed by atoms with Crippen molar-refractivity contribution >= 4 is 29.8 Å². The fourth-order valence-electron chi connectivity index (χ4n) is 4.64. The van der Waals surface area contributed by atoms with Crippen molar-refractivity contribution in [1.29, 1.82) is 0 Å². The van der Waals surface area contributed by atoms with E-state index in [9.17, 15) is 4.79 Å². The average molecular weight is 528 g/mol. The van der Waals surface area contributed by atoms with Crippen LogP contribution < -0.4 is 5.01 Å². The van der Waals surface area contributed by atoms with Gasteiger partial charge in [-0.3, -0.25) is 4.79 Å². The Morgan fingerprint density at radius 1 is 1.29 bits per heavy atom. The molecule has 1 aromatic carbocycles. The van der Waals surface area contributed by atoms with E-state index in [4.69, 9.17) is 4.42 Å². The number of aromatic nitrogens is 4. The highest BCUT2D eigenvalue weighted by atomic mass is 32.1. The minimum Gasteiger partial charge on any atom is -0.419 e. The predicted octanol–water partition coefficient (Wildman–Crippen LogP) is 5.79. The highest BCUT2D eigenvalue weighted by molar-refractivity contribution is 7.09. The Kier molecular flexibility index (Phi) is 7.41. The Morgan fingerprint density at radius 3 is 2.82 bits per heavy atom. The second kappa shape index (κ2) is 11.1. The fourth-order valence-corrected chi connectivity index (χ4v) is 5.58. The summed E-state index contributed by atoms with van der Waals surface area (Å²) < 4.78 is 6.05. The van der Waals surface area contributed by atoms with Crippen LogP contribution in [0.15, 0.2) is 70.1 Å². The summed E-state index contributed by atoms with van der Waals surface area (Å²) in [5, 5.41) is 16.9. The number of carbonyl (C=O) groups is 1. The monoisotopic (exact) mass is 527 g/mol. The Hall–Kier alpha value is -4.18. The first-order valence-electron chi connectivity index (χ1n) is 12.5. The smallest absolute Gasteiger partial charge is 0.266 e. The highest BCUT2D eigenvalue weighted by Crippen LogP contribution is 2.36. The minimum absolute atomic E-state index is 0.00885. The molecule has 4 heterocycles. The molecule has 4 aromatic rings. The van der Waals surface area contributed by atoms with Crippen LogP contribution in [0.2, 0.25) is 0 Å². The molecule has 194 valence electrons. The van der Waals surface area contributed by atoms with E-state index in [0.29, 0.717) is 29.5 Å². The number of hydrogen-bond donors (Lipinski definition) is 0. The lowest BCUT2D eigenvalue weighted by atomic mass is 10.0. The summed E-state index contributed by atoms with van der Waals surface area (Å²) in [6.45, 7) is 12.0. The van der Waals surface area contributed by atoms with Gasteiger partial charge in [0.2, 0.25) is 5.89 Å². The van der Waals surface area contributed by atoms with Gasteiger partial charge in [-0.05, 0) is 43.9 Å². The summed E-state index contributed by atoms with van der Waals surface area (Å²) in [5.41, 5.74) is 2.97. The summed E-state index contributed by atoms with van der Waals surface area (Å²) in [5.74, 6) is 1.02. The lowest BCUT2D eigenvalue weighted by Gasteiger charge is -2.24. The average Bonchev–Trinajstić information content (AvgIpc) is 3.70. The molecule has 1 aliphatic heterocycles. The van der Waals surface area contributed by atoms with Crippen molar-refractivity contribution in [2.24, 2.45) is 5.10 Å². The molecule has 3 aromatic heterocycles. The third-order valence-corrected chi connectivity index (χ3v) is 7.58. The Morgan fingerprint density at radius 2 is 2.11 bits per heavy atom. The van der Waals surface area contributed by atoms with Crippen LogP contribution in [0.25, 0.3) is 11.6 Å². The first-order chi connectivity index (χ1) is 18.5. The zero-order valence-electron chi connectivity index (χ0n) is 21.4. The lowest BCUT2D eigenvalue weighted by molar-refractivity contribution is 0.0735. The Balaban J connectivity index is 1.47. The van der Waals surface area contributed by atoms with Gasteiger partial charge in [-0.25, -0.2) is 15.0 Å². The standard InChI is InChI=1S/C28H29N7O2S/c1-5-35(29-4)24-16-21(28(36)34-13-9-12-23(34)27-30-19(3)17-38-27)15-22(31-24)26-33-32-25(37-26)18(2)14-20-10-7-6-8-11-20/h5-8,10-11,15-18,23H,1,4,9,12-14H2,2-3H3/t18-,23+/m0/s1. The summed E-state index contributed by atoms with van der Waals surface area (Å²) in [4.78, 5) is 25.0. The Bertz CT molecular complexity index is 1440. The number of rotatable bonds is 9. The number of nitrogens with zero attached hydrogens (tertiary/aromatic N) is 7. The van der Waals surface area contributed by atoms with Crippen molar-refractivity contribution in [3.63, 3.8) is 0 Å². The van der Waals surface area contributed by atoms with E-state index >= 15 is 0 Å². The van der Waals surface area contributed by atoms with Crippen molar-refractivity contribution in [3.05, 3.63) is 88.3 Å². The minimum atomic E-state index is -0.115. The molecule has 9 nitrogen and oxygen atoms in total. The van der Waals surface area contributed by atoms with Gasteiger partial charge in [0.1, 0.15) is 10.7 Å². The van der Waals surface area contributed by atoms with Gasteiger partial charge in [0.05, 0.1) is 6.04 Å². The number of hydrogen-bond acceptors (Lipinski definition) is 9. The number of thiazole rings is 1. The summed E-state index contributed by atoms with van der Waals surface area (Å²) in [6.07, 6.45) is 4.03. The van der Waals surface area contributed by atoms with Crippen LogP contribution in [0.3, 0.4) is 0 Å². The van der Waals surface area contributed by atoms with Crippen LogP contribution in [0.4, 0.5) is 5.82 Å². The van der Waals surface area contributed by atoms with Gasteiger partial charge in [0, 0.05) is 42.0 Å². The summed E-state index contributed by atoms with van der Waals surface area (Å²) in [7, 11) is 0. The van der Waals surface area contributed by atoms with Gasteiger partial charge < -0.3 is 9.32 Å². The number of pyridine rings is 1. The summed E-state index contributed by atoms with van der Waals surface area (Å²) in [6, 6.07) is 13.5. The quantitative estimate of drug-likeness (QED) is 0.201. The maximum absolute atomic E-state index is 13.8. The SMILES string of the molecule is C=CN(N=C)c1cc(C(=O)N2CCC[C@@H]2c2nc(C)cs2)cc(-c2nnc([C@@H](C)Cc3ccccc3)o2)n1. The second-order valence-electron chi connectivity index (χ2n) is 9.29. The van der Waals surface area contributed by atoms with Gasteiger partial charge in [-0.2, -0.15) is 5.10 Å². The molecule has 5 rings (SSSR count). The van der Waals surface area contributed by atoms with E-state index in [1.165, 1.54) is 16.8 Å². The molecular weight excluding hydrogens is 498 g/mol. The summed E-state index contributed by atoms with van der Waals surface area (Å²) >= 11 is 1.59. The normalized spacial score (nSPS) is 15.8. The van der Waals surface area contributed by atoms with Gasteiger partial charge in [0.25, 0.3) is 11.8 Å². The largest absolute Gasteiger partial charge is 0.419 e. The van der Waals surface area contributed by atoms with Gasteiger partial charge in [0.15, 0.2) is 5.82 Å². The van der Waals surface area contributed by atoms with Crippen molar-refractivity contribution in [2.75, 3.05) is 11.6 Å². The first kappa shape index (κ1) is 25.5. The Labute approximate surface area is 225 Å². The van der Waals surface area contributed by atoms with Gasteiger partial charge in [-0.15, -0.1) is 21.5 Å². The number of aryl methyl sites for hydroxylation is 1. The van der Waals surface area contributed by atoms with Crippen molar-refractivity contribution < 1.29 is 9.21 Å². The number of carbonyl (C=O) groups excluding carboxylic acids is 1. The fraction of sp³-hybridized carbons (Fsp3) is 0.286. The molecule has 0 bridgehead atoms. The van der Waals surface area contributed by atoms with Crippen LogP contribution in [-0.2, 0) is 6.42 Å². The molecule has 38 heavy (non-hydrogen) atoms. The number of benzene rings is 1. The van der Waals surface area contributed by atoms with Crippen LogP contribution in [0.1, 0.15) is 64.2 Å². The van der Waals surface area contributed by atoms with E-state index in [-0.39, 0.29) is 23.8 Å². The molecule has 0 N–H and O–H groups in total. The van der Waals surface area contributed by atoms with Crippen molar-refractivity contribution in [2.45, 2.75) is 45.1 Å².